The van der Waals surface area contributed by atoms with Crippen LogP contribution in [0.5, 0.6) is 0 Å². The smallest absolute Gasteiger partial charge is 0.408 e. The first-order valence-electron chi connectivity index (χ1n) is 20.4. The monoisotopic (exact) mass is 822 g/mol. The van der Waals surface area contributed by atoms with Crippen LogP contribution in [0.2, 0.25) is 0 Å². The van der Waals surface area contributed by atoms with E-state index in [-0.39, 0.29) is 44.1 Å². The molecular weight excluding hydrogens is 769 g/mol. The lowest BCUT2D eigenvalue weighted by Gasteiger charge is -2.37. The van der Waals surface area contributed by atoms with E-state index in [1.165, 1.54) is 19.3 Å². The van der Waals surface area contributed by atoms with E-state index < -0.39 is 47.5 Å². The van der Waals surface area contributed by atoms with Gasteiger partial charge in [-0.2, -0.15) is 0 Å². The summed E-state index contributed by atoms with van der Waals surface area (Å²) in [5.41, 5.74) is 3.07. The minimum absolute atomic E-state index is 0.00923. The quantitative estimate of drug-likeness (QED) is 0.0370. The zero-order chi connectivity index (χ0) is 43.5. The van der Waals surface area contributed by atoms with Gasteiger partial charge in [0.2, 0.25) is 17.7 Å². The summed E-state index contributed by atoms with van der Waals surface area (Å²) in [4.78, 5) is 67.6. The molecule has 0 heterocycles. The Hall–Kier alpha value is -7.01. The Morgan fingerprint density at radius 1 is 0.607 bits per heavy atom. The van der Waals surface area contributed by atoms with Gasteiger partial charge < -0.3 is 30.7 Å². The summed E-state index contributed by atoms with van der Waals surface area (Å²) in [5.74, 6) is -2.06. The summed E-state index contributed by atoms with van der Waals surface area (Å²) < 4.78 is 10.2. The number of esters is 1. The number of methoxy groups -OCH3 is 1. The maximum absolute atomic E-state index is 14.3. The Balaban J connectivity index is 1.37. The van der Waals surface area contributed by atoms with Crippen molar-refractivity contribution < 1.29 is 33.4 Å². The van der Waals surface area contributed by atoms with Crippen LogP contribution in [0.4, 0.5) is 4.79 Å². The zero-order valence-electron chi connectivity index (χ0n) is 34.8. The number of ether oxygens (including phenoxy) is 2. The molecule has 316 valence electrons. The van der Waals surface area contributed by atoms with Gasteiger partial charge in [-0.25, -0.2) is 9.59 Å². The van der Waals surface area contributed by atoms with Crippen molar-refractivity contribution in [3.8, 4) is 0 Å². The maximum Gasteiger partial charge on any atom is 0.408 e. The number of carbonyl (C=O) groups is 5. The summed E-state index contributed by atoms with van der Waals surface area (Å²) >= 11 is 0. The number of nitrogens with one attached hydrogen (secondary N) is 4. The third-order valence-corrected chi connectivity index (χ3v) is 10.1. The van der Waals surface area contributed by atoms with Crippen LogP contribution in [0.25, 0.3) is 0 Å². The maximum atomic E-state index is 14.3. The molecule has 0 saturated heterocycles. The number of amides is 4. The summed E-state index contributed by atoms with van der Waals surface area (Å²) in [7, 11) is 1.24. The molecular formula is C50H54N4O7. The van der Waals surface area contributed by atoms with Crippen molar-refractivity contribution in [1.29, 1.82) is 0 Å². The molecule has 0 spiro atoms. The molecule has 0 aromatic heterocycles. The lowest BCUT2D eigenvalue weighted by atomic mass is 9.77. The minimum Gasteiger partial charge on any atom is -0.466 e. The summed E-state index contributed by atoms with van der Waals surface area (Å²) in [5, 5.41) is 11.8. The van der Waals surface area contributed by atoms with Crippen molar-refractivity contribution in [2.24, 2.45) is 5.92 Å². The third-order valence-electron chi connectivity index (χ3n) is 10.1. The van der Waals surface area contributed by atoms with Crippen LogP contribution >= 0.6 is 0 Å². The SMILES string of the molecule is COC(=O)/C=C/[C@H](CCC(=O)NC(c1ccccc1)(c1ccccc1)c1ccccc1)NC(=O)[C@H](Cc1ccccc1)NC(=O)[C@H](CC(C)C)NC(=O)OCc1ccccc1. The first kappa shape index (κ1) is 45.1. The number of alkyl carbamates (subject to hydrolysis) is 1. The van der Waals surface area contributed by atoms with E-state index in [2.05, 4.69) is 21.3 Å². The van der Waals surface area contributed by atoms with Gasteiger partial charge in [0, 0.05) is 25.0 Å². The Bertz CT molecular complexity index is 2090. The molecule has 0 bridgehead atoms. The molecule has 0 unspecified atom stereocenters. The van der Waals surface area contributed by atoms with E-state index in [9.17, 15) is 24.0 Å². The molecule has 4 amide bonds. The molecule has 5 rings (SSSR count). The van der Waals surface area contributed by atoms with Gasteiger partial charge in [0.1, 0.15) is 24.2 Å². The zero-order valence-corrected chi connectivity index (χ0v) is 34.8. The first-order chi connectivity index (χ1) is 29.6. The largest absolute Gasteiger partial charge is 0.466 e. The molecule has 61 heavy (non-hydrogen) atoms. The molecule has 4 N–H and O–H groups in total. The predicted molar refractivity (Wildman–Crippen MR) is 235 cm³/mol. The van der Waals surface area contributed by atoms with Gasteiger partial charge in [-0.15, -0.1) is 0 Å². The fraction of sp³-hybridized carbons (Fsp3) is 0.260. The van der Waals surface area contributed by atoms with Gasteiger partial charge in [-0.05, 0) is 46.6 Å². The number of hydrogen-bond acceptors (Lipinski definition) is 7. The average Bonchev–Trinajstić information content (AvgIpc) is 3.29. The molecule has 11 heteroatoms. The molecule has 0 aliphatic carbocycles. The van der Waals surface area contributed by atoms with Crippen LogP contribution in [0.15, 0.2) is 164 Å². The second-order valence-corrected chi connectivity index (χ2v) is 15.1. The van der Waals surface area contributed by atoms with Gasteiger partial charge in [0.15, 0.2) is 0 Å². The molecule has 0 aliphatic heterocycles. The van der Waals surface area contributed by atoms with Crippen molar-refractivity contribution in [1.82, 2.24) is 21.3 Å². The molecule has 0 fully saturated rings. The van der Waals surface area contributed by atoms with Crippen LogP contribution in [0, 0.1) is 5.92 Å². The van der Waals surface area contributed by atoms with Crippen molar-refractivity contribution in [3.05, 3.63) is 192 Å². The van der Waals surface area contributed by atoms with E-state index in [1.54, 1.807) is 0 Å². The third kappa shape index (κ3) is 13.5. The molecule has 0 aliphatic rings. The topological polar surface area (TPSA) is 152 Å². The second kappa shape index (κ2) is 23.0. The highest BCUT2D eigenvalue weighted by Crippen LogP contribution is 2.37. The van der Waals surface area contributed by atoms with Crippen LogP contribution < -0.4 is 21.3 Å². The Kier molecular flexibility index (Phi) is 17.0. The van der Waals surface area contributed by atoms with Crippen LogP contribution in [0.3, 0.4) is 0 Å². The molecule has 11 nitrogen and oxygen atoms in total. The van der Waals surface area contributed by atoms with E-state index in [0.29, 0.717) is 0 Å². The Morgan fingerprint density at radius 3 is 1.57 bits per heavy atom. The fourth-order valence-corrected chi connectivity index (χ4v) is 7.04. The van der Waals surface area contributed by atoms with E-state index in [0.717, 1.165) is 27.8 Å². The summed E-state index contributed by atoms with van der Waals surface area (Å²) in [6, 6.07) is 44.6. The standard InChI is InChI=1S/C50H54N4O7/c1-36(2)33-43(53-49(59)61-35-38-21-11-5-12-22-38)48(58)52-44(34-37-19-9-4-10-20-37)47(57)51-42(30-32-46(56)60-3)29-31-45(55)54-50(39-23-13-6-14-24-39,40-25-15-7-16-26-40)41-27-17-8-18-28-41/h4-28,30,32,36,42-44H,29,31,33-35H2,1-3H3,(H,51,57)(H,52,58)(H,53,59)(H,54,55)/b32-30+/t42-,43-,44-/m0/s1. The van der Waals surface area contributed by atoms with Crippen molar-refractivity contribution >= 4 is 29.8 Å². The van der Waals surface area contributed by atoms with Gasteiger partial charge in [0.05, 0.1) is 7.11 Å². The molecule has 0 radical (unpaired) electrons. The first-order valence-corrected chi connectivity index (χ1v) is 20.4. The number of rotatable bonds is 20. The van der Waals surface area contributed by atoms with Crippen molar-refractivity contribution in [2.75, 3.05) is 7.11 Å². The molecule has 5 aromatic rings. The molecule has 0 saturated carbocycles. The lowest BCUT2D eigenvalue weighted by molar-refractivity contribution is -0.135. The van der Waals surface area contributed by atoms with E-state index >= 15 is 0 Å². The highest BCUT2D eigenvalue weighted by Gasteiger charge is 2.38. The van der Waals surface area contributed by atoms with Gasteiger partial charge in [-0.1, -0.05) is 172 Å². The minimum atomic E-state index is -1.10. The van der Waals surface area contributed by atoms with Gasteiger partial charge in [0.25, 0.3) is 0 Å². The van der Waals surface area contributed by atoms with Crippen molar-refractivity contribution in [2.45, 2.75) is 69.8 Å². The Labute approximate surface area is 358 Å². The second-order valence-electron chi connectivity index (χ2n) is 15.1. The van der Waals surface area contributed by atoms with E-state index in [4.69, 9.17) is 9.47 Å². The summed E-state index contributed by atoms with van der Waals surface area (Å²) in [6.07, 6.45) is 2.34. The van der Waals surface area contributed by atoms with Crippen LogP contribution in [-0.4, -0.2) is 55.0 Å². The van der Waals surface area contributed by atoms with Gasteiger partial charge in [-0.3, -0.25) is 14.4 Å². The average molecular weight is 823 g/mol. The van der Waals surface area contributed by atoms with E-state index in [1.807, 2.05) is 166 Å². The summed E-state index contributed by atoms with van der Waals surface area (Å²) in [6.45, 7) is 3.86. The number of benzene rings is 5. The normalized spacial score (nSPS) is 12.7. The number of hydrogen-bond donors (Lipinski definition) is 4. The highest BCUT2D eigenvalue weighted by molar-refractivity contribution is 5.92. The predicted octanol–water partition coefficient (Wildman–Crippen LogP) is 7.16. The number of carbonyl (C=O) groups excluding carboxylic acids is 5. The van der Waals surface area contributed by atoms with Crippen molar-refractivity contribution in [3.63, 3.8) is 0 Å². The van der Waals surface area contributed by atoms with Gasteiger partial charge >= 0.3 is 12.1 Å². The van der Waals surface area contributed by atoms with Crippen LogP contribution in [0.1, 0.15) is 60.9 Å². The molecule has 3 atom stereocenters. The highest BCUT2D eigenvalue weighted by atomic mass is 16.5. The molecule has 5 aromatic carbocycles. The fourth-order valence-electron chi connectivity index (χ4n) is 7.04. The lowest BCUT2D eigenvalue weighted by Crippen LogP contribution is -2.55. The Morgan fingerprint density at radius 2 is 1.08 bits per heavy atom. The van der Waals surface area contributed by atoms with Crippen LogP contribution in [-0.2, 0) is 47.2 Å².